The number of nitrogens with zero attached hydrogens (tertiary/aromatic N) is 1. The van der Waals surface area contributed by atoms with Crippen molar-refractivity contribution in [2.75, 3.05) is 32.8 Å². The van der Waals surface area contributed by atoms with Gasteiger partial charge in [0.05, 0.1) is 24.9 Å². The van der Waals surface area contributed by atoms with Crippen LogP contribution in [-0.4, -0.2) is 60.4 Å². The first kappa shape index (κ1) is 12.8. The summed E-state index contributed by atoms with van der Waals surface area (Å²) in [6.45, 7) is 4.99. The Kier molecular flexibility index (Phi) is 4.01. The van der Waals surface area contributed by atoms with Gasteiger partial charge in [-0.2, -0.15) is 0 Å². The van der Waals surface area contributed by atoms with Crippen LogP contribution < -0.4 is 5.32 Å². The van der Waals surface area contributed by atoms with Crippen LogP contribution in [0.15, 0.2) is 0 Å². The lowest BCUT2D eigenvalue weighted by Crippen LogP contribution is -2.54. The number of carbonyl (C=O) groups is 1. The predicted molar refractivity (Wildman–Crippen MR) is 63.7 cm³/mol. The fraction of sp³-hybridized carbons (Fsp3) is 0.917. The van der Waals surface area contributed by atoms with Gasteiger partial charge in [-0.25, -0.2) is 0 Å². The molecule has 0 radical (unpaired) electrons. The van der Waals surface area contributed by atoms with E-state index >= 15 is 0 Å². The summed E-state index contributed by atoms with van der Waals surface area (Å²) in [5, 5.41) is 13.1. The molecule has 1 atom stereocenters. The van der Waals surface area contributed by atoms with Gasteiger partial charge in [-0.15, -0.1) is 0 Å². The molecule has 0 aromatic heterocycles. The molecule has 1 heterocycles. The van der Waals surface area contributed by atoms with Crippen molar-refractivity contribution in [2.24, 2.45) is 0 Å². The molecule has 5 heteroatoms. The van der Waals surface area contributed by atoms with Crippen molar-refractivity contribution < 1.29 is 14.6 Å². The number of rotatable bonds is 4. The van der Waals surface area contributed by atoms with Gasteiger partial charge in [0.2, 0.25) is 5.91 Å². The molecule has 1 aliphatic carbocycles. The highest BCUT2D eigenvalue weighted by molar-refractivity contribution is 5.81. The molecule has 17 heavy (non-hydrogen) atoms. The Morgan fingerprint density at radius 2 is 2.12 bits per heavy atom. The summed E-state index contributed by atoms with van der Waals surface area (Å²) in [5.41, 5.74) is -0.570. The number of nitrogens with one attached hydrogen (secondary N) is 1. The fourth-order valence-corrected chi connectivity index (χ4v) is 2.25. The van der Waals surface area contributed by atoms with Crippen LogP contribution in [0.1, 0.15) is 26.2 Å². The minimum absolute atomic E-state index is 0.108. The summed E-state index contributed by atoms with van der Waals surface area (Å²) < 4.78 is 5.22. The Labute approximate surface area is 102 Å². The molecule has 2 N–H and O–H groups in total. The van der Waals surface area contributed by atoms with Crippen LogP contribution in [0, 0.1) is 0 Å². The third-order valence-electron chi connectivity index (χ3n) is 3.71. The maximum absolute atomic E-state index is 12.0. The van der Waals surface area contributed by atoms with E-state index in [0.717, 1.165) is 19.3 Å². The number of ether oxygens (including phenoxy) is 1. The number of aliphatic hydroxyl groups is 1. The highest BCUT2D eigenvalue weighted by Crippen LogP contribution is 2.30. The van der Waals surface area contributed by atoms with E-state index in [1.165, 1.54) is 0 Å². The Balaban J connectivity index is 1.74. The lowest BCUT2D eigenvalue weighted by atomic mass is 9.80. The molecule has 2 aliphatic rings. The maximum atomic E-state index is 12.0. The highest BCUT2D eigenvalue weighted by Gasteiger charge is 2.35. The summed E-state index contributed by atoms with van der Waals surface area (Å²) in [6, 6.07) is -0.224. The quantitative estimate of drug-likeness (QED) is 0.713. The second-order valence-electron chi connectivity index (χ2n) is 5.12. The van der Waals surface area contributed by atoms with E-state index in [0.29, 0.717) is 32.8 Å². The van der Waals surface area contributed by atoms with Crippen LogP contribution in [0.2, 0.25) is 0 Å². The van der Waals surface area contributed by atoms with Gasteiger partial charge in [0.25, 0.3) is 0 Å². The molecule has 5 nitrogen and oxygen atoms in total. The van der Waals surface area contributed by atoms with Gasteiger partial charge in [0, 0.05) is 19.6 Å². The molecule has 1 saturated carbocycles. The second kappa shape index (κ2) is 5.33. The first-order chi connectivity index (χ1) is 8.11. The van der Waals surface area contributed by atoms with Crippen LogP contribution in [0.3, 0.4) is 0 Å². The van der Waals surface area contributed by atoms with Gasteiger partial charge in [-0.3, -0.25) is 4.79 Å². The Morgan fingerprint density at radius 3 is 2.65 bits per heavy atom. The third-order valence-corrected chi connectivity index (χ3v) is 3.71. The molecule has 0 aromatic carbocycles. The molecule has 0 spiro atoms. The number of hydrogen-bond acceptors (Lipinski definition) is 4. The van der Waals surface area contributed by atoms with Crippen molar-refractivity contribution >= 4 is 5.91 Å². The fourth-order valence-electron chi connectivity index (χ4n) is 2.25. The van der Waals surface area contributed by atoms with Gasteiger partial charge < -0.3 is 20.1 Å². The number of carbonyl (C=O) groups excluding carboxylic acids is 1. The van der Waals surface area contributed by atoms with E-state index in [2.05, 4.69) is 5.32 Å². The lowest BCUT2D eigenvalue weighted by molar-refractivity contribution is -0.137. The van der Waals surface area contributed by atoms with E-state index in [1.54, 1.807) is 0 Å². The Bertz CT molecular complexity index is 273. The van der Waals surface area contributed by atoms with Crippen molar-refractivity contribution in [1.82, 2.24) is 10.2 Å². The molecule has 1 amide bonds. The monoisotopic (exact) mass is 242 g/mol. The van der Waals surface area contributed by atoms with Crippen LogP contribution in [0.25, 0.3) is 0 Å². The zero-order valence-electron chi connectivity index (χ0n) is 10.4. The first-order valence-corrected chi connectivity index (χ1v) is 6.43. The first-order valence-electron chi connectivity index (χ1n) is 6.43. The SMILES string of the molecule is CC(NCC1(O)CCC1)C(=O)N1CCOCC1. The Hall–Kier alpha value is -0.650. The van der Waals surface area contributed by atoms with Gasteiger partial charge in [0.15, 0.2) is 0 Å². The third kappa shape index (κ3) is 3.18. The molecule has 0 aromatic rings. The summed E-state index contributed by atoms with van der Waals surface area (Å²) in [4.78, 5) is 13.9. The van der Waals surface area contributed by atoms with Crippen molar-refractivity contribution in [3.05, 3.63) is 0 Å². The molecule has 2 rings (SSSR count). The highest BCUT2D eigenvalue weighted by atomic mass is 16.5. The average molecular weight is 242 g/mol. The maximum Gasteiger partial charge on any atom is 0.239 e. The predicted octanol–water partition coefficient (Wildman–Crippen LogP) is -0.262. The van der Waals surface area contributed by atoms with Crippen LogP contribution in [0.4, 0.5) is 0 Å². The van der Waals surface area contributed by atoms with Gasteiger partial charge >= 0.3 is 0 Å². The number of hydrogen-bond donors (Lipinski definition) is 2. The zero-order chi connectivity index (χ0) is 12.3. The normalized spacial score (nSPS) is 25.2. The minimum Gasteiger partial charge on any atom is -0.389 e. The van der Waals surface area contributed by atoms with Crippen molar-refractivity contribution in [3.63, 3.8) is 0 Å². The van der Waals surface area contributed by atoms with Gasteiger partial charge in [-0.1, -0.05) is 0 Å². The van der Waals surface area contributed by atoms with E-state index in [4.69, 9.17) is 4.74 Å². The average Bonchev–Trinajstić information content (AvgIpc) is 2.33. The Morgan fingerprint density at radius 1 is 1.47 bits per heavy atom. The van der Waals surface area contributed by atoms with Crippen LogP contribution in [0.5, 0.6) is 0 Å². The molecule has 1 saturated heterocycles. The van der Waals surface area contributed by atoms with Crippen LogP contribution in [-0.2, 0) is 9.53 Å². The minimum atomic E-state index is -0.570. The summed E-state index contributed by atoms with van der Waals surface area (Å²) >= 11 is 0. The summed E-state index contributed by atoms with van der Waals surface area (Å²) in [6.07, 6.45) is 2.78. The van der Waals surface area contributed by atoms with Crippen molar-refractivity contribution in [2.45, 2.75) is 37.8 Å². The zero-order valence-corrected chi connectivity index (χ0v) is 10.4. The van der Waals surface area contributed by atoms with E-state index < -0.39 is 5.60 Å². The number of morpholine rings is 1. The molecule has 98 valence electrons. The molecule has 0 bridgehead atoms. The second-order valence-corrected chi connectivity index (χ2v) is 5.12. The molecule has 1 unspecified atom stereocenters. The molecular weight excluding hydrogens is 220 g/mol. The van der Waals surface area contributed by atoms with Crippen LogP contribution >= 0.6 is 0 Å². The largest absolute Gasteiger partial charge is 0.389 e. The molecular formula is C12H22N2O3. The van der Waals surface area contributed by atoms with Gasteiger partial charge in [0.1, 0.15) is 0 Å². The topological polar surface area (TPSA) is 61.8 Å². The smallest absolute Gasteiger partial charge is 0.239 e. The number of amides is 1. The summed E-state index contributed by atoms with van der Waals surface area (Å²) in [5.74, 6) is 0.108. The van der Waals surface area contributed by atoms with E-state index in [1.807, 2.05) is 11.8 Å². The van der Waals surface area contributed by atoms with Crippen molar-refractivity contribution in [3.8, 4) is 0 Å². The molecule has 1 aliphatic heterocycles. The van der Waals surface area contributed by atoms with E-state index in [9.17, 15) is 9.90 Å². The summed E-state index contributed by atoms with van der Waals surface area (Å²) in [7, 11) is 0. The van der Waals surface area contributed by atoms with Gasteiger partial charge in [-0.05, 0) is 26.2 Å². The standard InChI is InChI=1S/C12H22N2O3/c1-10(13-9-12(16)3-2-4-12)11(15)14-5-7-17-8-6-14/h10,13,16H,2-9H2,1H3. The lowest BCUT2D eigenvalue weighted by Gasteiger charge is -2.38. The van der Waals surface area contributed by atoms with Crippen molar-refractivity contribution in [1.29, 1.82) is 0 Å². The van der Waals surface area contributed by atoms with E-state index in [-0.39, 0.29) is 11.9 Å². The molecule has 2 fully saturated rings.